The van der Waals surface area contributed by atoms with Crippen molar-refractivity contribution in [1.29, 1.82) is 5.26 Å². The summed E-state index contributed by atoms with van der Waals surface area (Å²) in [7, 11) is -3.31. The zero-order valence-electron chi connectivity index (χ0n) is 22.6. The van der Waals surface area contributed by atoms with Gasteiger partial charge in [-0.05, 0) is 68.8 Å². The van der Waals surface area contributed by atoms with Crippen LogP contribution in [0.25, 0.3) is 11.0 Å². The van der Waals surface area contributed by atoms with E-state index >= 15 is 0 Å². The molecule has 6 rings (SSSR count). The van der Waals surface area contributed by atoms with Gasteiger partial charge < -0.3 is 14.4 Å². The molecule has 10 nitrogen and oxygen atoms in total. The molecule has 2 aliphatic heterocycles. The third kappa shape index (κ3) is 5.45. The van der Waals surface area contributed by atoms with Gasteiger partial charge >= 0.3 is 5.97 Å². The molecule has 0 unspecified atom stereocenters. The second-order valence-electron chi connectivity index (χ2n) is 10.7. The molecule has 216 valence electrons. The van der Waals surface area contributed by atoms with E-state index in [9.17, 15) is 22.7 Å². The van der Waals surface area contributed by atoms with Gasteiger partial charge in [0.05, 0.1) is 40.5 Å². The second-order valence-corrected chi connectivity index (χ2v) is 13.0. The van der Waals surface area contributed by atoms with E-state index in [1.165, 1.54) is 24.3 Å². The number of imidazole rings is 1. The van der Waals surface area contributed by atoms with Crippen molar-refractivity contribution in [3.8, 4) is 11.9 Å². The van der Waals surface area contributed by atoms with Crippen LogP contribution in [-0.4, -0.2) is 57.8 Å². The number of piperidine rings is 1. The molecule has 2 aromatic heterocycles. The average Bonchev–Trinajstić information content (AvgIpc) is 3.32. The monoisotopic (exact) mass is 589 g/mol. The highest BCUT2D eigenvalue weighted by molar-refractivity contribution is 7.92. The number of aromatic carboxylic acids is 1. The average molecular weight is 590 g/mol. The first-order valence-electron chi connectivity index (χ1n) is 13.7. The molecule has 0 spiro atoms. The highest BCUT2D eigenvalue weighted by atomic mass is 32.2. The van der Waals surface area contributed by atoms with Crippen LogP contribution in [0.1, 0.15) is 63.6 Å². The zero-order chi connectivity index (χ0) is 29.4. The lowest BCUT2D eigenvalue weighted by atomic mass is 9.93. The van der Waals surface area contributed by atoms with E-state index < -0.39 is 27.0 Å². The fraction of sp³-hybridized carbons (Fsp3) is 0.333. The number of halogens is 1. The fourth-order valence-corrected chi connectivity index (χ4v) is 7.01. The maximum atomic E-state index is 14.2. The van der Waals surface area contributed by atoms with E-state index in [1.54, 1.807) is 22.8 Å². The van der Waals surface area contributed by atoms with Crippen molar-refractivity contribution in [3.63, 3.8) is 0 Å². The molecule has 42 heavy (non-hydrogen) atoms. The summed E-state index contributed by atoms with van der Waals surface area (Å²) in [6.45, 7) is 1.93. The van der Waals surface area contributed by atoms with Gasteiger partial charge in [-0.25, -0.2) is 27.6 Å². The Morgan fingerprint density at radius 2 is 1.90 bits per heavy atom. The summed E-state index contributed by atoms with van der Waals surface area (Å²) in [6.07, 6.45) is 2.12. The largest absolute Gasteiger partial charge is 0.478 e. The van der Waals surface area contributed by atoms with Crippen molar-refractivity contribution in [2.75, 3.05) is 18.8 Å². The van der Waals surface area contributed by atoms with Crippen LogP contribution >= 0.6 is 0 Å². The molecule has 1 atom stereocenters. The highest BCUT2D eigenvalue weighted by Crippen LogP contribution is 2.37. The number of ether oxygens (including phenoxy) is 1. The third-order valence-corrected chi connectivity index (χ3v) is 10.1. The Bertz CT molecular complexity index is 1830. The summed E-state index contributed by atoms with van der Waals surface area (Å²) in [5.74, 6) is -0.255. The second kappa shape index (κ2) is 11.2. The van der Waals surface area contributed by atoms with Gasteiger partial charge in [-0.15, -0.1) is 0 Å². The number of likely N-dealkylation sites (tertiary alicyclic amines) is 1. The molecule has 0 aliphatic carbocycles. The van der Waals surface area contributed by atoms with Gasteiger partial charge in [0.2, 0.25) is 5.88 Å². The Kier molecular flexibility index (Phi) is 7.38. The van der Waals surface area contributed by atoms with Crippen LogP contribution in [0, 0.1) is 17.1 Å². The van der Waals surface area contributed by atoms with Crippen molar-refractivity contribution in [3.05, 3.63) is 88.6 Å². The molecule has 4 heterocycles. The van der Waals surface area contributed by atoms with Crippen LogP contribution in [0.2, 0.25) is 0 Å². The molecule has 0 bridgehead atoms. The maximum absolute atomic E-state index is 14.2. The van der Waals surface area contributed by atoms with Gasteiger partial charge in [0.25, 0.3) is 0 Å². The topological polar surface area (TPSA) is 138 Å². The lowest BCUT2D eigenvalue weighted by Gasteiger charge is -2.33. The number of carbonyl (C=O) groups is 1. The van der Waals surface area contributed by atoms with E-state index in [1.807, 2.05) is 18.2 Å². The van der Waals surface area contributed by atoms with Crippen LogP contribution in [-0.2, 0) is 23.0 Å². The smallest absolute Gasteiger partial charge is 0.335 e. The van der Waals surface area contributed by atoms with Crippen LogP contribution in [0.5, 0.6) is 5.88 Å². The van der Waals surface area contributed by atoms with Crippen LogP contribution < -0.4 is 4.74 Å². The quantitative estimate of drug-likeness (QED) is 0.317. The van der Waals surface area contributed by atoms with E-state index in [0.717, 1.165) is 31.6 Å². The predicted octanol–water partition coefficient (Wildman–Crippen LogP) is 4.42. The van der Waals surface area contributed by atoms with Gasteiger partial charge in [-0.3, -0.25) is 4.90 Å². The zero-order valence-corrected chi connectivity index (χ0v) is 23.4. The molecular weight excluding hydrogens is 561 g/mol. The number of nitrogens with zero attached hydrogens (tertiary/aromatic N) is 5. The molecule has 0 saturated carbocycles. The SMILES string of the molecule is N#Cc1ccc(COc2cccc(C3CCN(Cc4nc5ccc(C(=O)O)cc5n4[C@@H]4CCS4(=O)=O)CC3)n2)c(F)c1. The summed E-state index contributed by atoms with van der Waals surface area (Å²) in [4.78, 5) is 23.2. The molecule has 1 N–H and O–H groups in total. The number of pyridine rings is 1. The number of hydrogen-bond acceptors (Lipinski definition) is 8. The first-order valence-corrected chi connectivity index (χ1v) is 15.4. The lowest BCUT2D eigenvalue weighted by molar-refractivity contribution is 0.0697. The van der Waals surface area contributed by atoms with Crippen molar-refractivity contribution in [2.45, 2.75) is 43.7 Å². The Morgan fingerprint density at radius 3 is 2.57 bits per heavy atom. The normalized spacial score (nSPS) is 18.8. The molecule has 2 fully saturated rings. The number of rotatable bonds is 8. The van der Waals surface area contributed by atoms with Crippen LogP contribution in [0.4, 0.5) is 4.39 Å². The van der Waals surface area contributed by atoms with Gasteiger partial charge in [-0.2, -0.15) is 5.26 Å². The lowest BCUT2D eigenvalue weighted by Crippen LogP contribution is -2.37. The van der Waals surface area contributed by atoms with E-state index in [0.29, 0.717) is 41.3 Å². The number of carboxylic acid groups (broad SMARTS) is 1. The molecule has 12 heteroatoms. The molecule has 0 radical (unpaired) electrons. The number of carboxylic acids is 1. The van der Waals surface area contributed by atoms with Crippen molar-refractivity contribution >= 4 is 26.8 Å². The maximum Gasteiger partial charge on any atom is 0.335 e. The van der Waals surface area contributed by atoms with Gasteiger partial charge in [0, 0.05) is 23.2 Å². The Balaban J connectivity index is 1.13. The summed E-state index contributed by atoms with van der Waals surface area (Å²) in [6, 6.07) is 16.4. The summed E-state index contributed by atoms with van der Waals surface area (Å²) in [5.41, 5.74) is 2.67. The number of sulfone groups is 1. The molecule has 2 aromatic carbocycles. The third-order valence-electron chi connectivity index (χ3n) is 8.04. The predicted molar refractivity (Wildman–Crippen MR) is 151 cm³/mol. The van der Waals surface area contributed by atoms with Crippen LogP contribution in [0.15, 0.2) is 54.6 Å². The molecule has 4 aromatic rings. The first-order chi connectivity index (χ1) is 20.2. The number of fused-ring (bicyclic) bond motifs is 1. The van der Waals surface area contributed by atoms with E-state index in [4.69, 9.17) is 15.0 Å². The fourth-order valence-electron chi connectivity index (χ4n) is 5.63. The number of nitriles is 1. The summed E-state index contributed by atoms with van der Waals surface area (Å²) in [5, 5.41) is 17.7. The molecule has 2 aliphatic rings. The highest BCUT2D eigenvalue weighted by Gasteiger charge is 2.39. The van der Waals surface area contributed by atoms with Crippen molar-refractivity contribution in [1.82, 2.24) is 19.4 Å². The number of aromatic nitrogens is 3. The minimum absolute atomic E-state index is 0.00187. The van der Waals surface area contributed by atoms with Gasteiger partial charge in [0.1, 0.15) is 23.6 Å². The summed E-state index contributed by atoms with van der Waals surface area (Å²) >= 11 is 0. The Hall–Kier alpha value is -4.34. The Labute approximate surface area is 241 Å². The van der Waals surface area contributed by atoms with E-state index in [-0.39, 0.29) is 29.4 Å². The minimum atomic E-state index is -3.31. The van der Waals surface area contributed by atoms with Crippen molar-refractivity contribution in [2.24, 2.45) is 0 Å². The van der Waals surface area contributed by atoms with Crippen LogP contribution in [0.3, 0.4) is 0 Å². The first kappa shape index (κ1) is 27.8. The number of benzene rings is 2. The molecule has 0 amide bonds. The number of hydrogen-bond donors (Lipinski definition) is 1. The van der Waals surface area contributed by atoms with Crippen molar-refractivity contribution < 1.29 is 27.4 Å². The van der Waals surface area contributed by atoms with Gasteiger partial charge in [0.15, 0.2) is 9.84 Å². The standard InChI is InChI=1S/C30H28FN5O5S/c31-23-14-19(16-32)4-5-22(23)18-41-28-3-1-2-24(34-28)20-8-11-35(12-9-20)17-27-33-25-7-6-21(30(37)38)15-26(25)36(27)29-10-13-42(29,39)40/h1-7,14-15,20,29H,8-13,17-18H2,(H,37,38)/t29-/m0/s1. The Morgan fingerprint density at radius 1 is 1.10 bits per heavy atom. The summed E-state index contributed by atoms with van der Waals surface area (Å²) < 4.78 is 46.9. The minimum Gasteiger partial charge on any atom is -0.478 e. The van der Waals surface area contributed by atoms with Gasteiger partial charge in [-0.1, -0.05) is 12.1 Å². The molecular formula is C30H28FN5O5S. The van der Waals surface area contributed by atoms with E-state index in [2.05, 4.69) is 9.88 Å². The molecule has 2 saturated heterocycles.